The molecule has 0 unspecified atom stereocenters. The molecule has 4 aromatic rings. The third kappa shape index (κ3) is 5.07. The zero-order valence-corrected chi connectivity index (χ0v) is 19.0. The van der Waals surface area contributed by atoms with Crippen LogP contribution in [-0.4, -0.2) is 30.4 Å². The molecule has 0 N–H and O–H groups in total. The van der Waals surface area contributed by atoms with Gasteiger partial charge in [-0.1, -0.05) is 30.3 Å². The van der Waals surface area contributed by atoms with Crippen LogP contribution in [0, 0.1) is 17.5 Å². The Morgan fingerprint density at radius 3 is 2.09 bits per heavy atom. The summed E-state index contributed by atoms with van der Waals surface area (Å²) in [6.07, 6.45) is 1.75. The maximum absolute atomic E-state index is 14.0. The first-order valence-electron chi connectivity index (χ1n) is 10.2. The van der Waals surface area contributed by atoms with Gasteiger partial charge in [-0.15, -0.1) is 0 Å². The van der Waals surface area contributed by atoms with E-state index >= 15 is 0 Å². The minimum atomic E-state index is -3.45. The van der Waals surface area contributed by atoms with Crippen molar-refractivity contribution >= 4 is 15.7 Å². The summed E-state index contributed by atoms with van der Waals surface area (Å²) in [5.74, 6) is -3.14. The molecule has 0 atom stereocenters. The summed E-state index contributed by atoms with van der Waals surface area (Å²) in [7, 11) is -3.45. The minimum absolute atomic E-state index is 0.0139. The molecule has 0 saturated carbocycles. The Balaban J connectivity index is 1.84. The van der Waals surface area contributed by atoms with Gasteiger partial charge >= 0.3 is 0 Å². The fourth-order valence-corrected chi connectivity index (χ4v) is 4.16. The first kappa shape index (κ1) is 24.1. The lowest BCUT2D eigenvalue weighted by Gasteiger charge is -2.13. The SMILES string of the molecule is CS(=O)(=O)c1ccc(-c2cnn(C(=O)Cc3ccc(F)cc3F)c(=O)c2-c2ccc(F)cc2)cc1. The van der Waals surface area contributed by atoms with Crippen LogP contribution >= 0.6 is 0 Å². The predicted molar refractivity (Wildman–Crippen MR) is 123 cm³/mol. The first-order chi connectivity index (χ1) is 16.5. The molecule has 4 rings (SSSR count). The second-order valence-electron chi connectivity index (χ2n) is 7.76. The highest BCUT2D eigenvalue weighted by molar-refractivity contribution is 7.90. The van der Waals surface area contributed by atoms with Gasteiger partial charge in [0.2, 0.25) is 0 Å². The van der Waals surface area contributed by atoms with Gasteiger partial charge in [0.1, 0.15) is 17.5 Å². The summed E-state index contributed by atoms with van der Waals surface area (Å²) < 4.78 is 64.9. The molecule has 10 heteroatoms. The van der Waals surface area contributed by atoms with Crippen molar-refractivity contribution < 1.29 is 26.4 Å². The Kier molecular flexibility index (Phi) is 6.40. The van der Waals surface area contributed by atoms with Gasteiger partial charge in [-0.25, -0.2) is 21.6 Å². The van der Waals surface area contributed by atoms with Crippen LogP contribution in [0.2, 0.25) is 0 Å². The van der Waals surface area contributed by atoms with Gasteiger partial charge in [0.15, 0.2) is 9.84 Å². The van der Waals surface area contributed by atoms with E-state index in [1.54, 1.807) is 0 Å². The third-order valence-corrected chi connectivity index (χ3v) is 6.43. The van der Waals surface area contributed by atoms with Gasteiger partial charge in [-0.2, -0.15) is 9.78 Å². The van der Waals surface area contributed by atoms with Crippen LogP contribution < -0.4 is 5.56 Å². The van der Waals surface area contributed by atoms with Crippen molar-refractivity contribution in [3.05, 3.63) is 106 Å². The van der Waals surface area contributed by atoms with E-state index in [1.165, 1.54) is 42.6 Å². The molecule has 0 aliphatic heterocycles. The highest BCUT2D eigenvalue weighted by atomic mass is 32.2. The molecule has 6 nitrogen and oxygen atoms in total. The van der Waals surface area contributed by atoms with E-state index in [2.05, 4.69) is 5.10 Å². The van der Waals surface area contributed by atoms with E-state index in [0.717, 1.165) is 30.5 Å². The van der Waals surface area contributed by atoms with Gasteiger partial charge in [0.25, 0.3) is 11.5 Å². The number of rotatable bonds is 5. The summed E-state index contributed by atoms with van der Waals surface area (Å²) in [5.41, 5.74) is 0.0578. The zero-order valence-electron chi connectivity index (χ0n) is 18.2. The van der Waals surface area contributed by atoms with E-state index in [0.29, 0.717) is 16.3 Å². The Morgan fingerprint density at radius 1 is 0.886 bits per heavy atom. The number of hydrogen-bond acceptors (Lipinski definition) is 5. The fourth-order valence-electron chi connectivity index (χ4n) is 3.53. The summed E-state index contributed by atoms with van der Waals surface area (Å²) in [5, 5.41) is 3.94. The van der Waals surface area contributed by atoms with Crippen LogP contribution in [-0.2, 0) is 16.3 Å². The van der Waals surface area contributed by atoms with E-state index in [-0.39, 0.29) is 27.1 Å². The van der Waals surface area contributed by atoms with Crippen molar-refractivity contribution in [1.29, 1.82) is 0 Å². The van der Waals surface area contributed by atoms with E-state index < -0.39 is 45.2 Å². The summed E-state index contributed by atoms with van der Waals surface area (Å²) in [4.78, 5) is 26.3. The summed E-state index contributed by atoms with van der Waals surface area (Å²) in [6.45, 7) is 0. The van der Waals surface area contributed by atoms with Crippen LogP contribution in [0.3, 0.4) is 0 Å². The number of carbonyl (C=O) groups excluding carboxylic acids is 1. The van der Waals surface area contributed by atoms with E-state index in [4.69, 9.17) is 0 Å². The van der Waals surface area contributed by atoms with Crippen molar-refractivity contribution in [3.63, 3.8) is 0 Å². The van der Waals surface area contributed by atoms with Gasteiger partial charge in [0, 0.05) is 17.9 Å². The van der Waals surface area contributed by atoms with Crippen LogP contribution in [0.25, 0.3) is 22.3 Å². The first-order valence-corrected chi connectivity index (χ1v) is 12.1. The van der Waals surface area contributed by atoms with Crippen molar-refractivity contribution in [2.75, 3.05) is 6.26 Å². The largest absolute Gasteiger partial charge is 0.282 e. The molecule has 0 fully saturated rings. The zero-order chi connectivity index (χ0) is 25.3. The third-order valence-electron chi connectivity index (χ3n) is 5.30. The number of benzene rings is 3. The molecule has 0 bridgehead atoms. The van der Waals surface area contributed by atoms with Crippen molar-refractivity contribution in [2.24, 2.45) is 0 Å². The molecule has 3 aromatic carbocycles. The standard InChI is InChI=1S/C25H17F3N2O4S/c1-35(33,34)20-10-5-15(6-11-20)21-14-29-30(23(31)12-17-4-9-19(27)13-22(17)28)25(32)24(21)16-2-7-18(26)8-3-16/h2-11,13-14H,12H2,1H3. The topological polar surface area (TPSA) is 86.1 Å². The van der Waals surface area contributed by atoms with Crippen LogP contribution in [0.5, 0.6) is 0 Å². The number of carbonyl (C=O) groups is 1. The molecular weight excluding hydrogens is 481 g/mol. The molecule has 1 aromatic heterocycles. The average molecular weight is 498 g/mol. The van der Waals surface area contributed by atoms with Crippen LogP contribution in [0.15, 0.2) is 82.6 Å². The molecule has 1 heterocycles. The molecule has 0 aliphatic carbocycles. The van der Waals surface area contributed by atoms with Gasteiger partial charge in [-0.3, -0.25) is 9.59 Å². The highest BCUT2D eigenvalue weighted by Crippen LogP contribution is 2.29. The van der Waals surface area contributed by atoms with E-state index in [9.17, 15) is 31.2 Å². The molecule has 0 amide bonds. The monoisotopic (exact) mass is 498 g/mol. The Hall–Kier alpha value is -4.05. The molecule has 0 spiro atoms. The number of hydrogen-bond donors (Lipinski definition) is 0. The average Bonchev–Trinajstić information content (AvgIpc) is 2.81. The lowest BCUT2D eigenvalue weighted by atomic mass is 9.97. The lowest BCUT2D eigenvalue weighted by Crippen LogP contribution is -2.32. The predicted octanol–water partition coefficient (Wildman–Crippen LogP) is 4.28. The van der Waals surface area contributed by atoms with Crippen molar-refractivity contribution in [1.82, 2.24) is 9.78 Å². The number of aromatic nitrogens is 2. The normalized spacial score (nSPS) is 11.4. The van der Waals surface area contributed by atoms with Crippen LogP contribution in [0.4, 0.5) is 13.2 Å². The van der Waals surface area contributed by atoms with Crippen LogP contribution in [0.1, 0.15) is 10.4 Å². The molecule has 0 saturated heterocycles. The number of sulfone groups is 1. The second kappa shape index (κ2) is 9.30. The lowest BCUT2D eigenvalue weighted by molar-refractivity contribution is 0.0891. The number of halogens is 3. The van der Waals surface area contributed by atoms with Gasteiger partial charge < -0.3 is 0 Å². The van der Waals surface area contributed by atoms with Crippen molar-refractivity contribution in [2.45, 2.75) is 11.3 Å². The number of nitrogens with zero attached hydrogens (tertiary/aromatic N) is 2. The molecule has 0 radical (unpaired) electrons. The quantitative estimate of drug-likeness (QED) is 0.410. The highest BCUT2D eigenvalue weighted by Gasteiger charge is 2.20. The Labute approximate surface area is 198 Å². The Bertz CT molecular complexity index is 1600. The van der Waals surface area contributed by atoms with Crippen molar-refractivity contribution in [3.8, 4) is 22.3 Å². The molecular formula is C25H17F3N2O4S. The summed E-state index contributed by atoms with van der Waals surface area (Å²) in [6, 6.07) is 13.4. The Morgan fingerprint density at radius 2 is 1.49 bits per heavy atom. The summed E-state index contributed by atoms with van der Waals surface area (Å²) >= 11 is 0. The minimum Gasteiger partial charge on any atom is -0.272 e. The molecule has 0 aliphatic rings. The second-order valence-corrected chi connectivity index (χ2v) is 9.78. The molecule has 35 heavy (non-hydrogen) atoms. The van der Waals surface area contributed by atoms with Gasteiger partial charge in [-0.05, 0) is 47.0 Å². The smallest absolute Gasteiger partial charge is 0.272 e. The maximum Gasteiger partial charge on any atom is 0.282 e. The van der Waals surface area contributed by atoms with Gasteiger partial charge in [0.05, 0.1) is 23.1 Å². The fraction of sp³-hybridized carbons (Fsp3) is 0.0800. The molecule has 178 valence electrons. The van der Waals surface area contributed by atoms with E-state index in [1.807, 2.05) is 0 Å². The maximum atomic E-state index is 14.0.